The Hall–Kier alpha value is -1.35. The van der Waals surface area contributed by atoms with Crippen LogP contribution in [-0.4, -0.2) is 11.9 Å². The van der Waals surface area contributed by atoms with E-state index >= 15 is 0 Å². The van der Waals surface area contributed by atoms with E-state index in [9.17, 15) is 4.79 Å². The van der Waals surface area contributed by atoms with Crippen molar-refractivity contribution < 1.29 is 4.79 Å². The molecule has 0 aliphatic carbocycles. The molecule has 2 atom stereocenters. The summed E-state index contributed by atoms with van der Waals surface area (Å²) in [6, 6.07) is 7.39. The van der Waals surface area contributed by atoms with E-state index in [1.807, 2.05) is 38.1 Å². The zero-order valence-electron chi connectivity index (χ0n) is 10.9. The largest absolute Gasteiger partial charge is 0.324 e. The predicted octanol–water partition coefficient (Wildman–Crippen LogP) is 2.56. The molecule has 0 aromatic heterocycles. The zero-order valence-corrected chi connectivity index (χ0v) is 10.9. The van der Waals surface area contributed by atoms with Crippen LogP contribution in [-0.2, 0) is 11.2 Å². The first kappa shape index (κ1) is 13.7. The summed E-state index contributed by atoms with van der Waals surface area (Å²) >= 11 is 0. The van der Waals surface area contributed by atoms with Crippen LogP contribution in [0.5, 0.6) is 0 Å². The van der Waals surface area contributed by atoms with Crippen molar-refractivity contribution in [3.63, 3.8) is 0 Å². The van der Waals surface area contributed by atoms with E-state index in [0.29, 0.717) is 0 Å². The quantitative estimate of drug-likeness (QED) is 0.822. The first-order valence-electron chi connectivity index (χ1n) is 6.24. The zero-order chi connectivity index (χ0) is 12.8. The summed E-state index contributed by atoms with van der Waals surface area (Å²) in [7, 11) is 0. The van der Waals surface area contributed by atoms with Gasteiger partial charge in [-0.25, -0.2) is 0 Å². The minimum Gasteiger partial charge on any atom is -0.324 e. The van der Waals surface area contributed by atoms with Crippen molar-refractivity contribution in [3.8, 4) is 0 Å². The van der Waals surface area contributed by atoms with Crippen LogP contribution in [0.4, 0.5) is 5.69 Å². The van der Waals surface area contributed by atoms with Crippen molar-refractivity contribution in [2.24, 2.45) is 11.7 Å². The average molecular weight is 234 g/mol. The number of hydrogen-bond acceptors (Lipinski definition) is 2. The number of amides is 1. The molecule has 3 nitrogen and oxygen atoms in total. The second kappa shape index (κ2) is 6.40. The molecule has 3 heteroatoms. The van der Waals surface area contributed by atoms with Crippen LogP contribution in [0.3, 0.4) is 0 Å². The number of hydrogen-bond donors (Lipinski definition) is 2. The standard InChI is InChI=1S/C14H22N2O/c1-4-10(3)13(15)14(17)16-12-9-7-6-8-11(12)5-2/h6-10,13H,4-5,15H2,1-3H3,(H,16,17)/t10?,13-/m0/s1. The van der Waals surface area contributed by atoms with Crippen LogP contribution in [0.2, 0.25) is 0 Å². The van der Waals surface area contributed by atoms with Gasteiger partial charge in [-0.3, -0.25) is 4.79 Å². The van der Waals surface area contributed by atoms with Crippen LogP contribution in [0.25, 0.3) is 0 Å². The highest BCUT2D eigenvalue weighted by atomic mass is 16.2. The van der Waals surface area contributed by atoms with E-state index in [1.165, 1.54) is 0 Å². The van der Waals surface area contributed by atoms with Gasteiger partial charge < -0.3 is 11.1 Å². The molecule has 0 aliphatic heterocycles. The Morgan fingerprint density at radius 1 is 1.35 bits per heavy atom. The van der Waals surface area contributed by atoms with E-state index in [-0.39, 0.29) is 11.8 Å². The molecule has 0 saturated heterocycles. The summed E-state index contributed by atoms with van der Waals surface area (Å²) in [5, 5.41) is 2.91. The molecule has 1 rings (SSSR count). The molecule has 3 N–H and O–H groups in total. The molecule has 17 heavy (non-hydrogen) atoms. The Labute approximate surface area is 103 Å². The third kappa shape index (κ3) is 3.56. The smallest absolute Gasteiger partial charge is 0.241 e. The van der Waals surface area contributed by atoms with Crippen LogP contribution < -0.4 is 11.1 Å². The molecule has 0 bridgehead atoms. The second-order valence-electron chi connectivity index (χ2n) is 4.41. The van der Waals surface area contributed by atoms with Gasteiger partial charge in [0, 0.05) is 5.69 Å². The fraction of sp³-hybridized carbons (Fsp3) is 0.500. The summed E-state index contributed by atoms with van der Waals surface area (Å²) in [5.41, 5.74) is 7.91. The molecule has 0 spiro atoms. The van der Waals surface area contributed by atoms with Gasteiger partial charge in [-0.15, -0.1) is 0 Å². The summed E-state index contributed by atoms with van der Waals surface area (Å²) in [4.78, 5) is 11.9. The topological polar surface area (TPSA) is 55.1 Å². The summed E-state index contributed by atoms with van der Waals surface area (Å²) < 4.78 is 0. The summed E-state index contributed by atoms with van der Waals surface area (Å²) in [6.45, 7) is 6.10. The Balaban J connectivity index is 2.74. The van der Waals surface area contributed by atoms with Crippen LogP contribution >= 0.6 is 0 Å². The number of aryl methyl sites for hydroxylation is 1. The van der Waals surface area contributed by atoms with Gasteiger partial charge in [0.05, 0.1) is 6.04 Å². The molecule has 0 heterocycles. The molecule has 0 fully saturated rings. The monoisotopic (exact) mass is 234 g/mol. The van der Waals surface area contributed by atoms with Crippen molar-refractivity contribution in [2.45, 2.75) is 39.7 Å². The molecule has 1 amide bonds. The Bertz CT molecular complexity index is 376. The van der Waals surface area contributed by atoms with Gasteiger partial charge in [0.1, 0.15) is 0 Å². The lowest BCUT2D eigenvalue weighted by Gasteiger charge is -2.18. The van der Waals surface area contributed by atoms with E-state index < -0.39 is 6.04 Å². The number of benzene rings is 1. The SMILES string of the molecule is CCc1ccccc1NC(=O)[C@@H](N)C(C)CC. The molecule has 1 aromatic carbocycles. The van der Waals surface area contributed by atoms with E-state index in [2.05, 4.69) is 12.2 Å². The van der Waals surface area contributed by atoms with Crippen molar-refractivity contribution in [1.29, 1.82) is 0 Å². The average Bonchev–Trinajstić information content (AvgIpc) is 2.37. The van der Waals surface area contributed by atoms with Gasteiger partial charge in [0.25, 0.3) is 0 Å². The number of carbonyl (C=O) groups is 1. The first-order valence-corrected chi connectivity index (χ1v) is 6.24. The normalized spacial score (nSPS) is 14.1. The second-order valence-corrected chi connectivity index (χ2v) is 4.41. The van der Waals surface area contributed by atoms with Crippen LogP contribution in [0, 0.1) is 5.92 Å². The van der Waals surface area contributed by atoms with Gasteiger partial charge in [-0.1, -0.05) is 45.4 Å². The molecular weight excluding hydrogens is 212 g/mol. The molecule has 1 unspecified atom stereocenters. The van der Waals surface area contributed by atoms with Crippen LogP contribution in [0.15, 0.2) is 24.3 Å². The third-order valence-electron chi connectivity index (χ3n) is 3.22. The van der Waals surface area contributed by atoms with Crippen molar-refractivity contribution in [3.05, 3.63) is 29.8 Å². The lowest BCUT2D eigenvalue weighted by atomic mass is 9.99. The van der Waals surface area contributed by atoms with Gasteiger partial charge in [-0.05, 0) is 24.0 Å². The fourth-order valence-electron chi connectivity index (χ4n) is 1.68. The van der Waals surface area contributed by atoms with E-state index in [4.69, 9.17) is 5.73 Å². The minimum atomic E-state index is -0.440. The highest BCUT2D eigenvalue weighted by molar-refractivity contribution is 5.95. The molecule has 1 aromatic rings. The van der Waals surface area contributed by atoms with Gasteiger partial charge in [0.15, 0.2) is 0 Å². The summed E-state index contributed by atoms with van der Waals surface area (Å²) in [6.07, 6.45) is 1.80. The number of anilines is 1. The predicted molar refractivity (Wildman–Crippen MR) is 71.9 cm³/mol. The minimum absolute atomic E-state index is 0.0970. The third-order valence-corrected chi connectivity index (χ3v) is 3.22. The fourth-order valence-corrected chi connectivity index (χ4v) is 1.68. The van der Waals surface area contributed by atoms with Gasteiger partial charge in [0.2, 0.25) is 5.91 Å². The van der Waals surface area contributed by atoms with Gasteiger partial charge in [-0.2, -0.15) is 0 Å². The van der Waals surface area contributed by atoms with E-state index in [0.717, 1.165) is 24.1 Å². The van der Waals surface area contributed by atoms with Crippen molar-refractivity contribution in [2.75, 3.05) is 5.32 Å². The Morgan fingerprint density at radius 3 is 2.59 bits per heavy atom. The highest BCUT2D eigenvalue weighted by Crippen LogP contribution is 2.16. The number of rotatable bonds is 5. The Kier molecular flexibility index (Phi) is 5.16. The van der Waals surface area contributed by atoms with Crippen molar-refractivity contribution >= 4 is 11.6 Å². The lowest BCUT2D eigenvalue weighted by molar-refractivity contribution is -0.118. The van der Waals surface area contributed by atoms with Crippen molar-refractivity contribution in [1.82, 2.24) is 0 Å². The summed E-state index contributed by atoms with van der Waals surface area (Å²) in [5.74, 6) is 0.101. The molecule has 0 aliphatic rings. The molecule has 94 valence electrons. The number of nitrogens with two attached hydrogens (primary N) is 1. The number of para-hydroxylation sites is 1. The molecule has 0 saturated carbocycles. The van der Waals surface area contributed by atoms with Crippen LogP contribution in [0.1, 0.15) is 32.8 Å². The molecule has 0 radical (unpaired) electrons. The number of carbonyl (C=O) groups excluding carboxylic acids is 1. The maximum atomic E-state index is 11.9. The molecular formula is C14H22N2O. The maximum absolute atomic E-state index is 11.9. The highest BCUT2D eigenvalue weighted by Gasteiger charge is 2.19. The Morgan fingerprint density at radius 2 is 2.00 bits per heavy atom. The van der Waals surface area contributed by atoms with Gasteiger partial charge >= 0.3 is 0 Å². The van der Waals surface area contributed by atoms with E-state index in [1.54, 1.807) is 0 Å². The maximum Gasteiger partial charge on any atom is 0.241 e. The lowest BCUT2D eigenvalue weighted by Crippen LogP contribution is -2.40. The first-order chi connectivity index (χ1) is 8.10. The number of nitrogens with one attached hydrogen (secondary N) is 1.